The number of nitrogens with zero attached hydrogens (tertiary/aromatic N) is 2. The third-order valence-corrected chi connectivity index (χ3v) is 4.25. The highest BCUT2D eigenvalue weighted by Gasteiger charge is 2.13. The Kier molecular flexibility index (Phi) is 3.92. The van der Waals surface area contributed by atoms with Crippen molar-refractivity contribution in [2.75, 3.05) is 5.32 Å². The van der Waals surface area contributed by atoms with Gasteiger partial charge < -0.3 is 5.32 Å². The van der Waals surface area contributed by atoms with Gasteiger partial charge in [0, 0.05) is 24.8 Å². The van der Waals surface area contributed by atoms with Crippen molar-refractivity contribution in [1.29, 1.82) is 0 Å². The van der Waals surface area contributed by atoms with Crippen LogP contribution in [0.2, 0.25) is 10.0 Å². The summed E-state index contributed by atoms with van der Waals surface area (Å²) in [5.41, 5.74) is 2.31. The van der Waals surface area contributed by atoms with Crippen molar-refractivity contribution in [3.05, 3.63) is 62.5 Å². The molecule has 0 bridgehead atoms. The number of rotatable bonds is 2. The van der Waals surface area contributed by atoms with E-state index in [1.54, 1.807) is 49.0 Å². The number of hydrogen-bond acceptors (Lipinski definition) is 2. The van der Waals surface area contributed by atoms with Gasteiger partial charge in [0.1, 0.15) is 0 Å². The first-order valence-corrected chi connectivity index (χ1v) is 7.56. The molecule has 0 saturated heterocycles. The molecule has 0 radical (unpaired) electrons. The number of carbonyl (C=O) groups is 1. The zero-order chi connectivity index (χ0) is 16.7. The lowest BCUT2D eigenvalue weighted by Crippen LogP contribution is -2.19. The van der Waals surface area contributed by atoms with Crippen molar-refractivity contribution in [3.63, 3.8) is 0 Å². The zero-order valence-electron chi connectivity index (χ0n) is 12.4. The Balaban J connectivity index is 1.97. The van der Waals surface area contributed by atoms with Crippen LogP contribution in [0.1, 0.15) is 10.4 Å². The second-order valence-corrected chi connectivity index (χ2v) is 6.03. The fourth-order valence-electron chi connectivity index (χ4n) is 2.46. The van der Waals surface area contributed by atoms with Crippen molar-refractivity contribution in [2.45, 2.75) is 0 Å². The van der Waals surface area contributed by atoms with Gasteiger partial charge in [-0.25, -0.2) is 4.79 Å². The average molecular weight is 350 g/mol. The fraction of sp³-hybridized carbons (Fsp3) is 0.125. The fourth-order valence-corrected chi connectivity index (χ4v) is 2.95. The van der Waals surface area contributed by atoms with Crippen LogP contribution in [0.25, 0.3) is 11.0 Å². The van der Waals surface area contributed by atoms with E-state index >= 15 is 0 Å². The zero-order valence-corrected chi connectivity index (χ0v) is 13.9. The van der Waals surface area contributed by atoms with Crippen molar-refractivity contribution in [2.24, 2.45) is 14.1 Å². The maximum Gasteiger partial charge on any atom is 0.328 e. The molecule has 0 saturated carbocycles. The van der Waals surface area contributed by atoms with E-state index in [0.29, 0.717) is 16.3 Å². The molecule has 0 aliphatic carbocycles. The predicted octanol–water partition coefficient (Wildman–Crippen LogP) is 3.44. The summed E-state index contributed by atoms with van der Waals surface area (Å²) in [7, 11) is 3.39. The van der Waals surface area contributed by atoms with Gasteiger partial charge in [0.05, 0.1) is 21.6 Å². The molecule has 1 heterocycles. The summed E-state index contributed by atoms with van der Waals surface area (Å²) in [5.74, 6) is -0.341. The van der Waals surface area contributed by atoms with Crippen LogP contribution in [0.5, 0.6) is 0 Å². The second kappa shape index (κ2) is 5.76. The molecule has 2 aromatic carbocycles. The number of benzene rings is 2. The Labute approximate surface area is 142 Å². The van der Waals surface area contributed by atoms with Gasteiger partial charge in [-0.3, -0.25) is 13.9 Å². The molecule has 5 nitrogen and oxygen atoms in total. The summed E-state index contributed by atoms with van der Waals surface area (Å²) >= 11 is 11.9. The van der Waals surface area contributed by atoms with Gasteiger partial charge in [0.15, 0.2) is 0 Å². The normalized spacial score (nSPS) is 11.0. The molecular formula is C16H13Cl2N3O2. The molecule has 7 heteroatoms. The summed E-state index contributed by atoms with van der Waals surface area (Å²) in [6.45, 7) is 0. The van der Waals surface area contributed by atoms with Crippen LogP contribution in [-0.4, -0.2) is 15.0 Å². The number of halogens is 2. The van der Waals surface area contributed by atoms with E-state index in [1.165, 1.54) is 10.6 Å². The highest BCUT2D eigenvalue weighted by molar-refractivity contribution is 6.37. The van der Waals surface area contributed by atoms with Gasteiger partial charge in [-0.15, -0.1) is 0 Å². The molecule has 0 aliphatic heterocycles. The van der Waals surface area contributed by atoms with Crippen LogP contribution in [-0.2, 0) is 14.1 Å². The average Bonchev–Trinajstić information content (AvgIpc) is 2.72. The summed E-state index contributed by atoms with van der Waals surface area (Å²) in [6, 6.07) is 9.96. The lowest BCUT2D eigenvalue weighted by Gasteiger charge is -2.08. The monoisotopic (exact) mass is 349 g/mol. The Morgan fingerprint density at radius 1 is 1.00 bits per heavy atom. The van der Waals surface area contributed by atoms with Crippen LogP contribution >= 0.6 is 23.2 Å². The molecule has 0 unspecified atom stereocenters. The number of nitrogens with one attached hydrogen (secondary N) is 1. The quantitative estimate of drug-likeness (QED) is 0.770. The molecule has 1 amide bonds. The molecule has 0 fully saturated rings. The summed E-state index contributed by atoms with van der Waals surface area (Å²) < 4.78 is 3.08. The molecule has 0 atom stereocenters. The maximum absolute atomic E-state index is 12.3. The third-order valence-electron chi connectivity index (χ3n) is 3.71. The minimum Gasteiger partial charge on any atom is -0.322 e. The number of imidazole rings is 1. The van der Waals surface area contributed by atoms with Gasteiger partial charge in [0.25, 0.3) is 5.91 Å². The number of aromatic nitrogens is 2. The number of aryl methyl sites for hydroxylation is 2. The largest absolute Gasteiger partial charge is 0.328 e. The third kappa shape index (κ3) is 2.73. The van der Waals surface area contributed by atoms with Gasteiger partial charge >= 0.3 is 5.69 Å². The van der Waals surface area contributed by atoms with Crippen LogP contribution in [0.4, 0.5) is 5.69 Å². The van der Waals surface area contributed by atoms with E-state index in [-0.39, 0.29) is 16.6 Å². The lowest BCUT2D eigenvalue weighted by atomic mass is 10.2. The Morgan fingerprint density at radius 2 is 1.70 bits per heavy atom. The summed E-state index contributed by atoms with van der Waals surface area (Å²) in [4.78, 5) is 24.3. The molecule has 0 aliphatic rings. The molecule has 0 spiro atoms. The Hall–Kier alpha value is -2.24. The van der Waals surface area contributed by atoms with Gasteiger partial charge in [0.2, 0.25) is 0 Å². The van der Waals surface area contributed by atoms with E-state index in [2.05, 4.69) is 5.32 Å². The standard InChI is InChI=1S/C16H13Cl2N3O2/c1-20-13-6-4-10(8-14(13)21(2)16(20)23)19-15(22)11-5-3-9(17)7-12(11)18/h3-8H,1-2H3,(H,19,22). The minimum absolute atomic E-state index is 0.121. The van der Waals surface area contributed by atoms with Crippen LogP contribution in [0, 0.1) is 0 Å². The number of carbonyl (C=O) groups excluding carboxylic acids is 1. The van der Waals surface area contributed by atoms with Crippen LogP contribution < -0.4 is 11.0 Å². The van der Waals surface area contributed by atoms with E-state index < -0.39 is 0 Å². The van der Waals surface area contributed by atoms with Crippen molar-refractivity contribution in [1.82, 2.24) is 9.13 Å². The summed E-state index contributed by atoms with van der Waals surface area (Å²) in [6.07, 6.45) is 0. The van der Waals surface area contributed by atoms with Gasteiger partial charge in [-0.1, -0.05) is 23.2 Å². The highest BCUT2D eigenvalue weighted by atomic mass is 35.5. The highest BCUT2D eigenvalue weighted by Crippen LogP contribution is 2.23. The van der Waals surface area contributed by atoms with Crippen molar-refractivity contribution in [3.8, 4) is 0 Å². The van der Waals surface area contributed by atoms with Crippen molar-refractivity contribution >= 4 is 45.8 Å². The molecule has 23 heavy (non-hydrogen) atoms. The molecule has 3 aromatic rings. The van der Waals surface area contributed by atoms with Crippen LogP contribution in [0.15, 0.2) is 41.2 Å². The van der Waals surface area contributed by atoms with E-state index in [4.69, 9.17) is 23.2 Å². The summed E-state index contributed by atoms with van der Waals surface area (Å²) in [5, 5.41) is 3.52. The first-order chi connectivity index (χ1) is 10.9. The Bertz CT molecular complexity index is 989. The number of hydrogen-bond donors (Lipinski definition) is 1. The second-order valence-electron chi connectivity index (χ2n) is 5.18. The molecule has 118 valence electrons. The minimum atomic E-state index is -0.341. The van der Waals surface area contributed by atoms with E-state index in [9.17, 15) is 9.59 Å². The topological polar surface area (TPSA) is 56.0 Å². The molecule has 3 rings (SSSR count). The maximum atomic E-state index is 12.3. The number of anilines is 1. The molecule has 1 N–H and O–H groups in total. The number of amides is 1. The van der Waals surface area contributed by atoms with Gasteiger partial charge in [-0.2, -0.15) is 0 Å². The SMILES string of the molecule is Cn1c(=O)n(C)c2cc(NC(=O)c3ccc(Cl)cc3Cl)ccc21. The van der Waals surface area contributed by atoms with E-state index in [0.717, 1.165) is 11.0 Å². The smallest absolute Gasteiger partial charge is 0.322 e. The molecule has 1 aromatic heterocycles. The first-order valence-electron chi connectivity index (χ1n) is 6.80. The first kappa shape index (κ1) is 15.6. The van der Waals surface area contributed by atoms with Crippen molar-refractivity contribution < 1.29 is 4.79 Å². The number of fused-ring (bicyclic) bond motifs is 1. The lowest BCUT2D eigenvalue weighted by molar-refractivity contribution is 0.102. The van der Waals surface area contributed by atoms with Gasteiger partial charge in [-0.05, 0) is 36.4 Å². The van der Waals surface area contributed by atoms with Crippen LogP contribution in [0.3, 0.4) is 0 Å². The molecular weight excluding hydrogens is 337 g/mol. The van der Waals surface area contributed by atoms with E-state index in [1.807, 2.05) is 0 Å². The Morgan fingerprint density at radius 3 is 2.39 bits per heavy atom. The predicted molar refractivity (Wildman–Crippen MR) is 92.6 cm³/mol.